The van der Waals surface area contributed by atoms with Crippen molar-refractivity contribution >= 4 is 52.6 Å². The number of nitrogens with one attached hydrogen (secondary N) is 2. The van der Waals surface area contributed by atoms with E-state index in [1.165, 1.54) is 5.56 Å². The summed E-state index contributed by atoms with van der Waals surface area (Å²) in [5, 5.41) is 25.4. The van der Waals surface area contributed by atoms with Crippen LogP contribution in [0.3, 0.4) is 0 Å². The number of hydrogen-bond donors (Lipinski definition) is 3. The maximum absolute atomic E-state index is 10.6. The summed E-state index contributed by atoms with van der Waals surface area (Å²) in [5.41, 5.74) is 1.30. The Kier molecular flexibility index (Phi) is 9.25. The summed E-state index contributed by atoms with van der Waals surface area (Å²) < 4.78 is 0. The highest BCUT2D eigenvalue weighted by Crippen LogP contribution is 2.23. The number of guanidine groups is 1. The van der Waals surface area contributed by atoms with E-state index < -0.39 is 5.60 Å². The van der Waals surface area contributed by atoms with Gasteiger partial charge < -0.3 is 15.7 Å². The van der Waals surface area contributed by atoms with Crippen LogP contribution in [0.15, 0.2) is 38.6 Å². The predicted molar refractivity (Wildman–Crippen MR) is 116 cm³/mol. The monoisotopic (exact) mass is 479 g/mol. The highest BCUT2D eigenvalue weighted by Gasteiger charge is 2.23. The molecule has 2 aromatic heterocycles. The van der Waals surface area contributed by atoms with E-state index in [4.69, 9.17) is 0 Å². The molecule has 0 fully saturated rings. The first kappa shape index (κ1) is 21.4. The van der Waals surface area contributed by atoms with Crippen molar-refractivity contribution in [3.05, 3.63) is 44.8 Å². The molecule has 0 saturated heterocycles. The van der Waals surface area contributed by atoms with Gasteiger partial charge in [0, 0.05) is 13.1 Å². The van der Waals surface area contributed by atoms with Crippen molar-refractivity contribution in [1.29, 1.82) is 0 Å². The van der Waals surface area contributed by atoms with Crippen LogP contribution < -0.4 is 10.6 Å². The van der Waals surface area contributed by atoms with E-state index >= 15 is 0 Å². The van der Waals surface area contributed by atoms with Gasteiger partial charge >= 0.3 is 0 Å². The molecule has 0 bridgehead atoms. The SMILES string of the molecule is CCNC(=NCC(C)(O)c1ccsc1)NCC(C)c1ccsc1.I. The molecule has 2 aromatic rings. The summed E-state index contributed by atoms with van der Waals surface area (Å²) in [5.74, 6) is 1.16. The maximum atomic E-state index is 10.6. The Morgan fingerprint density at radius 1 is 1.25 bits per heavy atom. The summed E-state index contributed by atoms with van der Waals surface area (Å²) >= 11 is 3.30. The van der Waals surface area contributed by atoms with Gasteiger partial charge in [-0.2, -0.15) is 22.7 Å². The summed E-state index contributed by atoms with van der Waals surface area (Å²) in [6, 6.07) is 4.10. The van der Waals surface area contributed by atoms with Crippen molar-refractivity contribution in [1.82, 2.24) is 10.6 Å². The number of hydrogen-bond acceptors (Lipinski definition) is 4. The van der Waals surface area contributed by atoms with Crippen LogP contribution in [0, 0.1) is 0 Å². The topological polar surface area (TPSA) is 56.7 Å². The molecule has 0 saturated carbocycles. The number of aliphatic hydroxyl groups is 1. The van der Waals surface area contributed by atoms with E-state index in [1.54, 1.807) is 29.6 Å². The van der Waals surface area contributed by atoms with Gasteiger partial charge in [-0.25, -0.2) is 4.99 Å². The summed E-state index contributed by atoms with van der Waals surface area (Å²) in [6.45, 7) is 7.96. The molecule has 134 valence electrons. The van der Waals surface area contributed by atoms with Gasteiger partial charge in [-0.3, -0.25) is 0 Å². The fourth-order valence-corrected chi connectivity index (χ4v) is 3.73. The normalized spacial score (nSPS) is 15.2. The Balaban J connectivity index is 0.00000288. The van der Waals surface area contributed by atoms with E-state index in [0.29, 0.717) is 12.5 Å². The minimum Gasteiger partial charge on any atom is -0.383 e. The standard InChI is InChI=1S/C17H25N3OS2.HI/c1-4-18-16(19-9-13(2)14-5-7-22-10-14)20-12-17(3,21)15-6-8-23-11-15;/h5-8,10-11,13,21H,4,9,12H2,1-3H3,(H2,18,19,20);1H. The van der Waals surface area contributed by atoms with Crippen LogP contribution in [-0.4, -0.2) is 30.7 Å². The first-order valence-electron chi connectivity index (χ1n) is 7.82. The number of nitrogens with zero attached hydrogens (tertiary/aromatic N) is 1. The fraction of sp³-hybridized carbons (Fsp3) is 0.471. The second-order valence-corrected chi connectivity index (χ2v) is 7.38. The smallest absolute Gasteiger partial charge is 0.191 e. The minimum atomic E-state index is -0.943. The first-order chi connectivity index (χ1) is 11.0. The minimum absolute atomic E-state index is 0. The molecular weight excluding hydrogens is 453 g/mol. The second kappa shape index (κ2) is 10.4. The molecule has 2 rings (SSSR count). The van der Waals surface area contributed by atoms with Gasteiger partial charge in [-0.05, 0) is 64.5 Å². The number of aliphatic imine (C=N–C) groups is 1. The quantitative estimate of drug-likeness (QED) is 0.320. The molecule has 0 spiro atoms. The third-order valence-electron chi connectivity index (χ3n) is 3.72. The molecule has 3 N–H and O–H groups in total. The third kappa shape index (κ3) is 6.34. The van der Waals surface area contributed by atoms with Crippen LogP contribution in [-0.2, 0) is 5.60 Å². The largest absolute Gasteiger partial charge is 0.383 e. The van der Waals surface area contributed by atoms with Crippen molar-refractivity contribution in [2.75, 3.05) is 19.6 Å². The highest BCUT2D eigenvalue weighted by molar-refractivity contribution is 14.0. The summed E-state index contributed by atoms with van der Waals surface area (Å²) in [6.07, 6.45) is 0. The van der Waals surface area contributed by atoms with Gasteiger partial charge in [0.15, 0.2) is 5.96 Å². The number of halogens is 1. The Hall–Kier alpha value is -0.640. The molecule has 4 nitrogen and oxygen atoms in total. The predicted octanol–water partition coefficient (Wildman–Crippen LogP) is 3.99. The summed E-state index contributed by atoms with van der Waals surface area (Å²) in [4.78, 5) is 4.55. The van der Waals surface area contributed by atoms with Gasteiger partial charge in [0.1, 0.15) is 5.60 Å². The van der Waals surface area contributed by atoms with Crippen LogP contribution in [0.25, 0.3) is 0 Å². The Labute approximate surface area is 169 Å². The van der Waals surface area contributed by atoms with E-state index in [0.717, 1.165) is 24.6 Å². The average molecular weight is 479 g/mol. The lowest BCUT2D eigenvalue weighted by Gasteiger charge is -2.21. The van der Waals surface area contributed by atoms with Crippen molar-refractivity contribution in [2.24, 2.45) is 4.99 Å². The van der Waals surface area contributed by atoms with Gasteiger partial charge in [0.25, 0.3) is 0 Å². The Bertz CT molecular complexity index is 597. The lowest BCUT2D eigenvalue weighted by atomic mass is 10.00. The van der Waals surface area contributed by atoms with Crippen molar-refractivity contribution < 1.29 is 5.11 Å². The molecule has 2 unspecified atom stereocenters. The van der Waals surface area contributed by atoms with E-state index in [-0.39, 0.29) is 24.0 Å². The lowest BCUT2D eigenvalue weighted by molar-refractivity contribution is 0.0677. The lowest BCUT2D eigenvalue weighted by Crippen LogP contribution is -2.40. The molecule has 0 radical (unpaired) electrons. The molecule has 2 heterocycles. The second-order valence-electron chi connectivity index (χ2n) is 5.82. The van der Waals surface area contributed by atoms with Gasteiger partial charge in [-0.15, -0.1) is 24.0 Å². The van der Waals surface area contributed by atoms with Gasteiger partial charge in [0.2, 0.25) is 0 Å². The average Bonchev–Trinajstić information content (AvgIpc) is 3.23. The van der Waals surface area contributed by atoms with Crippen LogP contribution in [0.5, 0.6) is 0 Å². The van der Waals surface area contributed by atoms with Crippen molar-refractivity contribution in [3.8, 4) is 0 Å². The molecule has 0 aliphatic carbocycles. The molecule has 0 aromatic carbocycles. The maximum Gasteiger partial charge on any atom is 0.191 e. The zero-order valence-corrected chi connectivity index (χ0v) is 18.2. The Morgan fingerprint density at radius 3 is 2.54 bits per heavy atom. The Morgan fingerprint density at radius 2 is 1.96 bits per heavy atom. The van der Waals surface area contributed by atoms with E-state index in [9.17, 15) is 5.11 Å². The zero-order valence-electron chi connectivity index (χ0n) is 14.3. The molecule has 7 heteroatoms. The molecule has 2 atom stereocenters. The van der Waals surface area contributed by atoms with E-state index in [2.05, 4.69) is 39.4 Å². The first-order valence-corrected chi connectivity index (χ1v) is 9.71. The van der Waals surface area contributed by atoms with Crippen molar-refractivity contribution in [2.45, 2.75) is 32.3 Å². The molecule has 24 heavy (non-hydrogen) atoms. The molecule has 0 aliphatic heterocycles. The number of thiophene rings is 2. The van der Waals surface area contributed by atoms with Crippen LogP contribution in [0.4, 0.5) is 0 Å². The van der Waals surface area contributed by atoms with Gasteiger partial charge in [0.05, 0.1) is 6.54 Å². The van der Waals surface area contributed by atoms with E-state index in [1.807, 2.05) is 23.8 Å². The third-order valence-corrected chi connectivity index (χ3v) is 5.10. The molecule has 0 amide bonds. The van der Waals surface area contributed by atoms with Crippen LogP contribution in [0.2, 0.25) is 0 Å². The van der Waals surface area contributed by atoms with Gasteiger partial charge in [-0.1, -0.05) is 6.92 Å². The molecule has 0 aliphatic rings. The van der Waals surface area contributed by atoms with Crippen molar-refractivity contribution in [3.63, 3.8) is 0 Å². The summed E-state index contributed by atoms with van der Waals surface area (Å²) in [7, 11) is 0. The number of rotatable bonds is 7. The highest BCUT2D eigenvalue weighted by atomic mass is 127. The van der Waals surface area contributed by atoms with Crippen LogP contribution >= 0.6 is 46.7 Å². The molecular formula is C17H26IN3OS2. The zero-order chi connectivity index (χ0) is 16.7. The fourth-order valence-electron chi connectivity index (χ4n) is 2.16. The van der Waals surface area contributed by atoms with Crippen LogP contribution in [0.1, 0.15) is 37.8 Å².